The number of rotatable bonds is 3. The van der Waals surface area contributed by atoms with Crippen molar-refractivity contribution >= 4 is 45.1 Å². The average molecular weight is 341 g/mol. The minimum absolute atomic E-state index is 0.264. The lowest BCUT2D eigenvalue weighted by Crippen LogP contribution is -2.12. The number of benzene rings is 1. The van der Waals surface area contributed by atoms with E-state index in [9.17, 15) is 4.79 Å². The summed E-state index contributed by atoms with van der Waals surface area (Å²) in [5.41, 5.74) is 8.90. The molecule has 8 heteroatoms. The molecule has 1 aromatic carbocycles. The third kappa shape index (κ3) is 2.49. The molecular weight excluding hydrogens is 328 g/mol. The highest BCUT2D eigenvalue weighted by molar-refractivity contribution is 6.34. The Hall–Kier alpha value is -2.90. The lowest BCUT2D eigenvalue weighted by Gasteiger charge is -2.03. The minimum Gasteiger partial charge on any atom is -0.348 e. The number of hydrogen-bond donors (Lipinski definition) is 4. The first-order valence-corrected chi connectivity index (χ1v) is 7.65. The van der Waals surface area contributed by atoms with Crippen molar-refractivity contribution < 1.29 is 4.79 Å². The molecule has 0 saturated heterocycles. The summed E-state index contributed by atoms with van der Waals surface area (Å²) in [6.45, 7) is 0.334. The van der Waals surface area contributed by atoms with E-state index in [1.807, 2.05) is 12.1 Å². The standard InChI is InChI=1S/C16H13ClN6O/c17-15-14-8(3-4-19-15)5-12(23-14)16(24)20-9-1-2-10-11(6-9)22-13(7-18)21-10/h1-6,23H,7,18H2,(H,20,24)(H,21,22). The van der Waals surface area contributed by atoms with Gasteiger partial charge in [0, 0.05) is 17.3 Å². The number of halogens is 1. The van der Waals surface area contributed by atoms with Crippen molar-refractivity contribution in [3.63, 3.8) is 0 Å². The van der Waals surface area contributed by atoms with Crippen LogP contribution < -0.4 is 11.1 Å². The van der Waals surface area contributed by atoms with E-state index in [0.29, 0.717) is 34.4 Å². The van der Waals surface area contributed by atoms with Crippen LogP contribution >= 0.6 is 11.6 Å². The maximum atomic E-state index is 12.4. The SMILES string of the molecule is NCc1nc2ccc(NC(=O)c3cc4ccnc(Cl)c4[nH]3)cc2[nH]1. The summed E-state index contributed by atoms with van der Waals surface area (Å²) in [5.74, 6) is 0.436. The number of aromatic amines is 2. The summed E-state index contributed by atoms with van der Waals surface area (Å²) >= 11 is 6.02. The van der Waals surface area contributed by atoms with E-state index in [4.69, 9.17) is 17.3 Å². The smallest absolute Gasteiger partial charge is 0.272 e. The van der Waals surface area contributed by atoms with Crippen LogP contribution in [0.25, 0.3) is 21.9 Å². The maximum absolute atomic E-state index is 12.4. The number of nitrogens with one attached hydrogen (secondary N) is 3. The van der Waals surface area contributed by atoms with Crippen LogP contribution in [-0.2, 0) is 6.54 Å². The average Bonchev–Trinajstić information content (AvgIpc) is 3.18. The van der Waals surface area contributed by atoms with Crippen molar-refractivity contribution in [3.05, 3.63) is 53.2 Å². The van der Waals surface area contributed by atoms with Gasteiger partial charge in [-0.3, -0.25) is 4.79 Å². The van der Waals surface area contributed by atoms with Crippen LogP contribution in [0.15, 0.2) is 36.5 Å². The zero-order valence-electron chi connectivity index (χ0n) is 12.4. The Morgan fingerprint density at radius 2 is 2.12 bits per heavy atom. The van der Waals surface area contributed by atoms with E-state index >= 15 is 0 Å². The van der Waals surface area contributed by atoms with Crippen molar-refractivity contribution in [1.82, 2.24) is 19.9 Å². The van der Waals surface area contributed by atoms with E-state index in [2.05, 4.69) is 25.3 Å². The fraction of sp³-hybridized carbons (Fsp3) is 0.0625. The van der Waals surface area contributed by atoms with Crippen molar-refractivity contribution in [3.8, 4) is 0 Å². The number of pyridine rings is 1. The first-order chi connectivity index (χ1) is 11.6. The summed E-state index contributed by atoms with van der Waals surface area (Å²) in [5, 5.41) is 4.01. The lowest BCUT2D eigenvalue weighted by atomic mass is 10.2. The van der Waals surface area contributed by atoms with Gasteiger partial charge < -0.3 is 21.0 Å². The van der Waals surface area contributed by atoms with Gasteiger partial charge >= 0.3 is 0 Å². The van der Waals surface area contributed by atoms with Crippen molar-refractivity contribution in [2.45, 2.75) is 6.54 Å². The second-order valence-corrected chi connectivity index (χ2v) is 5.68. The fourth-order valence-corrected chi connectivity index (χ4v) is 2.79. The summed E-state index contributed by atoms with van der Waals surface area (Å²) in [7, 11) is 0. The number of aromatic nitrogens is 4. The highest BCUT2D eigenvalue weighted by atomic mass is 35.5. The molecule has 120 valence electrons. The van der Waals surface area contributed by atoms with Crippen LogP contribution in [0.5, 0.6) is 0 Å². The zero-order valence-corrected chi connectivity index (χ0v) is 13.2. The number of H-pyrrole nitrogens is 2. The third-order valence-corrected chi connectivity index (χ3v) is 4.01. The van der Waals surface area contributed by atoms with Crippen molar-refractivity contribution in [1.29, 1.82) is 0 Å². The van der Waals surface area contributed by atoms with Gasteiger partial charge in [0.2, 0.25) is 0 Å². The number of amides is 1. The predicted octanol–water partition coefficient (Wildman–Crippen LogP) is 2.80. The Labute approximate surface area is 141 Å². The second-order valence-electron chi connectivity index (χ2n) is 5.32. The Morgan fingerprint density at radius 3 is 2.92 bits per heavy atom. The lowest BCUT2D eigenvalue weighted by molar-refractivity contribution is 0.102. The predicted molar refractivity (Wildman–Crippen MR) is 93.0 cm³/mol. The quantitative estimate of drug-likeness (QED) is 0.429. The Kier molecular flexibility index (Phi) is 3.44. The Morgan fingerprint density at radius 1 is 1.25 bits per heavy atom. The molecule has 1 amide bonds. The van der Waals surface area contributed by atoms with Gasteiger partial charge in [0.15, 0.2) is 5.15 Å². The molecule has 0 saturated carbocycles. The van der Waals surface area contributed by atoms with E-state index < -0.39 is 0 Å². The number of nitrogens with zero attached hydrogens (tertiary/aromatic N) is 2. The molecule has 0 bridgehead atoms. The molecule has 4 aromatic rings. The highest BCUT2D eigenvalue weighted by Gasteiger charge is 2.12. The van der Waals surface area contributed by atoms with Gasteiger partial charge in [-0.2, -0.15) is 0 Å². The summed E-state index contributed by atoms with van der Waals surface area (Å²) in [6, 6.07) is 8.96. The molecular formula is C16H13ClN6O. The molecule has 0 fully saturated rings. The highest BCUT2D eigenvalue weighted by Crippen LogP contribution is 2.22. The van der Waals surface area contributed by atoms with Crippen LogP contribution in [0.1, 0.15) is 16.3 Å². The van der Waals surface area contributed by atoms with Crippen LogP contribution in [0, 0.1) is 0 Å². The number of fused-ring (bicyclic) bond motifs is 2. The van der Waals surface area contributed by atoms with Gasteiger partial charge in [-0.1, -0.05) is 11.6 Å². The summed E-state index contributed by atoms with van der Waals surface area (Å²) in [4.78, 5) is 26.9. The van der Waals surface area contributed by atoms with Crippen LogP contribution in [0.3, 0.4) is 0 Å². The second kappa shape index (κ2) is 5.63. The van der Waals surface area contributed by atoms with E-state index in [-0.39, 0.29) is 5.91 Å². The first kappa shape index (κ1) is 14.7. The molecule has 7 nitrogen and oxygen atoms in total. The molecule has 5 N–H and O–H groups in total. The Bertz CT molecular complexity index is 1070. The van der Waals surface area contributed by atoms with Gasteiger partial charge in [-0.25, -0.2) is 9.97 Å². The van der Waals surface area contributed by atoms with E-state index in [0.717, 1.165) is 16.4 Å². The van der Waals surface area contributed by atoms with Crippen LogP contribution in [0.2, 0.25) is 5.15 Å². The number of imidazole rings is 1. The molecule has 24 heavy (non-hydrogen) atoms. The third-order valence-electron chi connectivity index (χ3n) is 3.72. The Balaban J connectivity index is 1.63. The van der Waals surface area contributed by atoms with Gasteiger partial charge in [-0.15, -0.1) is 0 Å². The van der Waals surface area contributed by atoms with Gasteiger partial charge in [0.1, 0.15) is 11.5 Å². The topological polar surface area (TPSA) is 112 Å². The molecule has 3 heterocycles. The first-order valence-electron chi connectivity index (χ1n) is 7.27. The molecule has 0 radical (unpaired) electrons. The zero-order chi connectivity index (χ0) is 16.7. The van der Waals surface area contributed by atoms with Gasteiger partial charge in [0.05, 0.1) is 23.1 Å². The minimum atomic E-state index is -0.264. The molecule has 0 unspecified atom stereocenters. The monoisotopic (exact) mass is 340 g/mol. The van der Waals surface area contributed by atoms with E-state index in [1.165, 1.54) is 0 Å². The maximum Gasteiger partial charge on any atom is 0.272 e. The molecule has 0 aliphatic carbocycles. The van der Waals surface area contributed by atoms with Gasteiger partial charge in [-0.05, 0) is 30.3 Å². The molecule has 0 atom stereocenters. The summed E-state index contributed by atoms with van der Waals surface area (Å²) < 4.78 is 0. The van der Waals surface area contributed by atoms with Crippen molar-refractivity contribution in [2.75, 3.05) is 5.32 Å². The molecule has 4 rings (SSSR count). The largest absolute Gasteiger partial charge is 0.348 e. The number of anilines is 1. The van der Waals surface area contributed by atoms with Crippen LogP contribution in [0.4, 0.5) is 5.69 Å². The van der Waals surface area contributed by atoms with Gasteiger partial charge in [0.25, 0.3) is 5.91 Å². The molecule has 0 aliphatic rings. The summed E-state index contributed by atoms with van der Waals surface area (Å²) in [6.07, 6.45) is 1.60. The number of carbonyl (C=O) groups excluding carboxylic acids is 1. The molecule has 0 spiro atoms. The van der Waals surface area contributed by atoms with E-state index in [1.54, 1.807) is 24.4 Å². The normalized spacial score (nSPS) is 11.2. The number of carbonyl (C=O) groups is 1. The molecule has 0 aliphatic heterocycles. The van der Waals surface area contributed by atoms with Crippen molar-refractivity contribution in [2.24, 2.45) is 5.73 Å². The van der Waals surface area contributed by atoms with Crippen LogP contribution in [-0.4, -0.2) is 25.8 Å². The molecule has 3 aromatic heterocycles. The number of hydrogen-bond acceptors (Lipinski definition) is 4. The fourth-order valence-electron chi connectivity index (χ4n) is 2.58. The number of nitrogens with two attached hydrogens (primary N) is 1.